The van der Waals surface area contributed by atoms with Gasteiger partial charge < -0.3 is 4.74 Å². The molecule has 2 aromatic rings. The molecule has 0 amide bonds. The molecule has 1 aromatic carbocycles. The van der Waals surface area contributed by atoms with E-state index in [1.165, 1.54) is 17.7 Å². The lowest BCUT2D eigenvalue weighted by Crippen LogP contribution is -2.37. The van der Waals surface area contributed by atoms with E-state index >= 15 is 0 Å². The topological polar surface area (TPSA) is 25.4 Å². The lowest BCUT2D eigenvalue weighted by molar-refractivity contribution is 0.0965. The fourth-order valence-corrected chi connectivity index (χ4v) is 2.66. The van der Waals surface area contributed by atoms with Crippen molar-refractivity contribution in [2.24, 2.45) is 0 Å². The van der Waals surface area contributed by atoms with Crippen LogP contribution in [0.2, 0.25) is 0 Å². The van der Waals surface area contributed by atoms with Crippen LogP contribution in [0.25, 0.3) is 0 Å². The molecular formula is C17H19FN2O. The molecule has 3 rings (SSSR count). The van der Waals surface area contributed by atoms with E-state index in [1.807, 2.05) is 18.5 Å². The van der Waals surface area contributed by atoms with E-state index in [0.717, 1.165) is 32.5 Å². The third-order valence-electron chi connectivity index (χ3n) is 3.79. The Kier molecular flexibility index (Phi) is 4.46. The normalized spacial score (nSPS) is 16.8. The van der Waals surface area contributed by atoms with Gasteiger partial charge in [0.05, 0.1) is 0 Å². The van der Waals surface area contributed by atoms with E-state index in [1.54, 1.807) is 6.07 Å². The molecule has 0 aliphatic carbocycles. The van der Waals surface area contributed by atoms with Crippen molar-refractivity contribution in [1.82, 2.24) is 9.88 Å². The average molecular weight is 286 g/mol. The minimum absolute atomic E-state index is 0.181. The van der Waals surface area contributed by atoms with Crippen molar-refractivity contribution in [3.63, 3.8) is 0 Å². The van der Waals surface area contributed by atoms with Crippen molar-refractivity contribution in [3.05, 3.63) is 60.2 Å². The van der Waals surface area contributed by atoms with Gasteiger partial charge in [-0.1, -0.05) is 6.07 Å². The van der Waals surface area contributed by atoms with Crippen LogP contribution in [0.5, 0.6) is 5.75 Å². The highest BCUT2D eigenvalue weighted by Crippen LogP contribution is 2.20. The van der Waals surface area contributed by atoms with E-state index in [2.05, 4.69) is 22.0 Å². The fourth-order valence-electron chi connectivity index (χ4n) is 2.66. The maximum Gasteiger partial charge on any atom is 0.126 e. The van der Waals surface area contributed by atoms with Crippen LogP contribution in [-0.4, -0.2) is 29.1 Å². The fraction of sp³-hybridized carbons (Fsp3) is 0.353. The molecule has 110 valence electrons. The Bertz CT molecular complexity index is 568. The second-order valence-corrected chi connectivity index (χ2v) is 5.41. The third-order valence-corrected chi connectivity index (χ3v) is 3.79. The van der Waals surface area contributed by atoms with E-state index in [9.17, 15) is 4.39 Å². The molecule has 1 fully saturated rings. The second kappa shape index (κ2) is 6.68. The number of nitrogens with zero attached hydrogens (tertiary/aromatic N) is 2. The van der Waals surface area contributed by atoms with Crippen molar-refractivity contribution in [1.29, 1.82) is 0 Å². The first kappa shape index (κ1) is 14.0. The maximum absolute atomic E-state index is 13.1. The highest BCUT2D eigenvalue weighted by molar-refractivity contribution is 5.22. The van der Waals surface area contributed by atoms with Gasteiger partial charge in [-0.25, -0.2) is 4.39 Å². The Morgan fingerprint density at radius 2 is 1.90 bits per heavy atom. The number of rotatable bonds is 4. The summed E-state index contributed by atoms with van der Waals surface area (Å²) in [5.74, 6) is 0.380. The van der Waals surface area contributed by atoms with Crippen LogP contribution in [0.4, 0.5) is 4.39 Å². The highest BCUT2D eigenvalue weighted by atomic mass is 19.1. The van der Waals surface area contributed by atoms with Crippen molar-refractivity contribution >= 4 is 0 Å². The van der Waals surface area contributed by atoms with Gasteiger partial charge in [-0.2, -0.15) is 0 Å². The van der Waals surface area contributed by atoms with Crippen LogP contribution in [0, 0.1) is 5.82 Å². The molecule has 1 saturated heterocycles. The molecule has 2 heterocycles. The number of pyridine rings is 1. The zero-order valence-corrected chi connectivity index (χ0v) is 11.9. The maximum atomic E-state index is 13.1. The minimum Gasteiger partial charge on any atom is -0.490 e. The van der Waals surface area contributed by atoms with Gasteiger partial charge >= 0.3 is 0 Å². The number of hydrogen-bond donors (Lipinski definition) is 0. The molecule has 1 aromatic heterocycles. The summed E-state index contributed by atoms with van der Waals surface area (Å²) in [4.78, 5) is 6.45. The number of benzene rings is 1. The van der Waals surface area contributed by atoms with Crippen molar-refractivity contribution < 1.29 is 9.13 Å². The zero-order valence-electron chi connectivity index (χ0n) is 11.9. The summed E-state index contributed by atoms with van der Waals surface area (Å²) in [6.45, 7) is 2.96. The molecule has 0 unspecified atom stereocenters. The summed E-state index contributed by atoms with van der Waals surface area (Å²) in [7, 11) is 0. The summed E-state index contributed by atoms with van der Waals surface area (Å²) < 4.78 is 19.0. The van der Waals surface area contributed by atoms with Gasteiger partial charge in [0.25, 0.3) is 0 Å². The molecule has 0 atom stereocenters. The molecule has 4 heteroatoms. The Morgan fingerprint density at radius 1 is 1.14 bits per heavy atom. The molecule has 1 aliphatic heterocycles. The summed E-state index contributed by atoms with van der Waals surface area (Å²) in [5.41, 5.74) is 1.29. The molecule has 0 N–H and O–H groups in total. The average Bonchev–Trinajstić information content (AvgIpc) is 2.50. The predicted molar refractivity (Wildman–Crippen MR) is 79.6 cm³/mol. The van der Waals surface area contributed by atoms with Crippen LogP contribution < -0.4 is 4.74 Å². The molecule has 0 saturated carbocycles. The number of halogens is 1. The SMILES string of the molecule is Fc1cccc(OC2CCN(Cc3ccncc3)CC2)c1. The molecule has 1 aliphatic rings. The van der Waals surface area contributed by atoms with Crippen LogP contribution in [-0.2, 0) is 6.54 Å². The van der Waals surface area contributed by atoms with E-state index in [4.69, 9.17) is 4.74 Å². The largest absolute Gasteiger partial charge is 0.490 e. The monoisotopic (exact) mass is 286 g/mol. The summed E-state index contributed by atoms with van der Waals surface area (Å²) in [6.07, 6.45) is 5.79. The smallest absolute Gasteiger partial charge is 0.126 e. The van der Waals surface area contributed by atoms with E-state index in [-0.39, 0.29) is 11.9 Å². The number of ether oxygens (including phenoxy) is 1. The Morgan fingerprint density at radius 3 is 2.62 bits per heavy atom. The van der Waals surface area contributed by atoms with Crippen LogP contribution in [0.1, 0.15) is 18.4 Å². The molecule has 21 heavy (non-hydrogen) atoms. The van der Waals surface area contributed by atoms with Crippen molar-refractivity contribution in [2.45, 2.75) is 25.5 Å². The lowest BCUT2D eigenvalue weighted by Gasteiger charge is -2.32. The van der Waals surface area contributed by atoms with Gasteiger partial charge in [0, 0.05) is 38.1 Å². The highest BCUT2D eigenvalue weighted by Gasteiger charge is 2.20. The molecule has 0 spiro atoms. The number of hydrogen-bond acceptors (Lipinski definition) is 3. The first-order valence-electron chi connectivity index (χ1n) is 7.33. The van der Waals surface area contributed by atoms with Crippen LogP contribution in [0.15, 0.2) is 48.8 Å². The van der Waals surface area contributed by atoms with Crippen LogP contribution in [0.3, 0.4) is 0 Å². The van der Waals surface area contributed by atoms with Gasteiger partial charge in [0.1, 0.15) is 17.7 Å². The standard InChI is InChI=1S/C17H19FN2O/c18-15-2-1-3-17(12-15)21-16-6-10-20(11-7-16)13-14-4-8-19-9-5-14/h1-5,8-9,12,16H,6-7,10-11,13H2. The van der Waals surface area contributed by atoms with Crippen LogP contribution >= 0.6 is 0 Å². The number of likely N-dealkylation sites (tertiary alicyclic amines) is 1. The predicted octanol–water partition coefficient (Wildman–Crippen LogP) is 3.26. The Labute approximate surface area is 124 Å². The second-order valence-electron chi connectivity index (χ2n) is 5.41. The Balaban J connectivity index is 1.49. The summed E-state index contributed by atoms with van der Waals surface area (Å²) in [5, 5.41) is 0. The van der Waals surface area contributed by atoms with E-state index in [0.29, 0.717) is 5.75 Å². The van der Waals surface area contributed by atoms with Gasteiger partial charge in [0.15, 0.2) is 0 Å². The first-order chi connectivity index (χ1) is 10.3. The summed E-state index contributed by atoms with van der Waals surface area (Å²) >= 11 is 0. The molecule has 3 nitrogen and oxygen atoms in total. The quantitative estimate of drug-likeness (QED) is 0.862. The summed E-state index contributed by atoms with van der Waals surface area (Å²) in [6, 6.07) is 10.5. The van der Waals surface area contributed by atoms with E-state index < -0.39 is 0 Å². The molecular weight excluding hydrogens is 267 g/mol. The zero-order chi connectivity index (χ0) is 14.5. The number of piperidine rings is 1. The van der Waals surface area contributed by atoms with Gasteiger partial charge in [-0.15, -0.1) is 0 Å². The third kappa shape index (κ3) is 4.02. The first-order valence-corrected chi connectivity index (χ1v) is 7.33. The molecule has 0 radical (unpaired) electrons. The Hall–Kier alpha value is -1.94. The van der Waals surface area contributed by atoms with Gasteiger partial charge in [-0.3, -0.25) is 9.88 Å². The lowest BCUT2D eigenvalue weighted by atomic mass is 10.1. The minimum atomic E-state index is -0.248. The van der Waals surface area contributed by atoms with Gasteiger partial charge in [-0.05, 0) is 42.7 Å². The van der Waals surface area contributed by atoms with Gasteiger partial charge in [0.2, 0.25) is 0 Å². The number of aromatic nitrogens is 1. The molecule has 0 bridgehead atoms. The van der Waals surface area contributed by atoms with Crippen molar-refractivity contribution in [3.8, 4) is 5.75 Å². The van der Waals surface area contributed by atoms with Crippen molar-refractivity contribution in [2.75, 3.05) is 13.1 Å².